The van der Waals surface area contributed by atoms with E-state index in [1.165, 1.54) is 19.3 Å². The van der Waals surface area contributed by atoms with Crippen LogP contribution < -0.4 is 15.5 Å². The van der Waals surface area contributed by atoms with Gasteiger partial charge in [-0.15, -0.1) is 0 Å². The summed E-state index contributed by atoms with van der Waals surface area (Å²) in [6.45, 7) is 5.77. The summed E-state index contributed by atoms with van der Waals surface area (Å²) in [4.78, 5) is 32.4. The topological polar surface area (TPSA) is 91.2 Å². The zero-order valence-electron chi connectivity index (χ0n) is 22.1. The van der Waals surface area contributed by atoms with Crippen LogP contribution in [0.25, 0.3) is 22.3 Å². The molecule has 194 valence electrons. The van der Waals surface area contributed by atoms with Crippen molar-refractivity contribution in [2.24, 2.45) is 7.05 Å². The Balaban J connectivity index is 1.27. The van der Waals surface area contributed by atoms with Gasteiger partial charge in [-0.3, -0.25) is 9.78 Å². The fourth-order valence-corrected chi connectivity index (χ4v) is 6.71. The van der Waals surface area contributed by atoms with Crippen molar-refractivity contribution in [2.75, 3.05) is 36.9 Å². The molecule has 2 N–H and O–H groups in total. The number of aryl methyl sites for hydroxylation is 2. The molecule has 0 unspecified atom stereocenters. The van der Waals surface area contributed by atoms with E-state index in [1.54, 1.807) is 12.4 Å². The third-order valence-electron chi connectivity index (χ3n) is 8.47. The molecule has 0 radical (unpaired) electrons. The molecule has 1 spiro atoms. The van der Waals surface area contributed by atoms with Gasteiger partial charge in [-0.2, -0.15) is 0 Å². The number of carbonyl (C=O) groups excluding carboxylic acids is 1. The quantitative estimate of drug-likeness (QED) is 0.431. The van der Waals surface area contributed by atoms with Gasteiger partial charge in [-0.25, -0.2) is 9.97 Å². The van der Waals surface area contributed by atoms with E-state index in [0.29, 0.717) is 17.8 Å². The highest BCUT2D eigenvalue weighted by atomic mass is 16.1. The lowest BCUT2D eigenvalue weighted by atomic mass is 9.95. The molecule has 1 atom stereocenters. The number of fused-ring (bicyclic) bond motifs is 2. The Bertz CT molecular complexity index is 1590. The minimum absolute atomic E-state index is 0.0927. The van der Waals surface area contributed by atoms with Crippen molar-refractivity contribution in [3.63, 3.8) is 0 Å². The molecule has 0 saturated carbocycles. The van der Waals surface area contributed by atoms with Gasteiger partial charge in [-0.1, -0.05) is 0 Å². The van der Waals surface area contributed by atoms with E-state index in [4.69, 9.17) is 9.97 Å². The number of hydrogen-bond donors (Lipinski definition) is 2. The highest BCUT2D eigenvalue weighted by molar-refractivity contribution is 6.06. The minimum Gasteiger partial charge on any atom is -0.350 e. The van der Waals surface area contributed by atoms with Gasteiger partial charge >= 0.3 is 0 Å². The Kier molecular flexibility index (Phi) is 5.20. The third kappa shape index (κ3) is 3.56. The van der Waals surface area contributed by atoms with Gasteiger partial charge in [-0.05, 0) is 63.1 Å². The van der Waals surface area contributed by atoms with Crippen LogP contribution in [0, 0.1) is 6.92 Å². The lowest BCUT2D eigenvalue weighted by Gasteiger charge is -2.36. The van der Waals surface area contributed by atoms with Gasteiger partial charge in [0.1, 0.15) is 17.3 Å². The lowest BCUT2D eigenvalue weighted by molar-refractivity contribution is 0.0966. The van der Waals surface area contributed by atoms with Crippen LogP contribution in [-0.2, 0) is 13.6 Å². The molecule has 7 heterocycles. The van der Waals surface area contributed by atoms with Gasteiger partial charge in [0.05, 0.1) is 28.7 Å². The average Bonchev–Trinajstić information content (AvgIpc) is 3.68. The number of nitrogens with one attached hydrogen (secondary N) is 2. The molecule has 9 heteroatoms. The van der Waals surface area contributed by atoms with Crippen molar-refractivity contribution >= 4 is 34.3 Å². The van der Waals surface area contributed by atoms with E-state index in [1.807, 2.05) is 36.0 Å². The molecule has 2 saturated heterocycles. The van der Waals surface area contributed by atoms with Gasteiger partial charge < -0.3 is 25.0 Å². The Morgan fingerprint density at radius 3 is 2.84 bits per heavy atom. The number of likely N-dealkylation sites (tertiary alicyclic amines) is 1. The van der Waals surface area contributed by atoms with E-state index in [9.17, 15) is 4.79 Å². The Labute approximate surface area is 221 Å². The van der Waals surface area contributed by atoms with Crippen LogP contribution in [0.4, 0.5) is 17.3 Å². The van der Waals surface area contributed by atoms with Crippen molar-refractivity contribution in [3.05, 3.63) is 59.5 Å². The predicted molar refractivity (Wildman–Crippen MR) is 149 cm³/mol. The number of aromatic nitrogens is 4. The highest BCUT2D eigenvalue weighted by Crippen LogP contribution is 2.41. The van der Waals surface area contributed by atoms with Crippen molar-refractivity contribution in [2.45, 2.75) is 38.3 Å². The number of amides is 1. The van der Waals surface area contributed by atoms with Crippen molar-refractivity contribution < 1.29 is 4.79 Å². The zero-order chi connectivity index (χ0) is 26.0. The van der Waals surface area contributed by atoms with E-state index < -0.39 is 0 Å². The van der Waals surface area contributed by atoms with Crippen LogP contribution in [0.5, 0.6) is 0 Å². The number of nitrogens with zero attached hydrogens (tertiary/aromatic N) is 6. The maximum absolute atomic E-state index is 13.0. The molecule has 0 bridgehead atoms. The number of pyridine rings is 3. The van der Waals surface area contributed by atoms with E-state index in [0.717, 1.165) is 64.7 Å². The first-order chi connectivity index (χ1) is 18.4. The summed E-state index contributed by atoms with van der Waals surface area (Å²) in [5.41, 5.74) is 6.20. The molecule has 3 aliphatic heterocycles. The fourth-order valence-electron chi connectivity index (χ4n) is 6.71. The van der Waals surface area contributed by atoms with Crippen molar-refractivity contribution in [1.82, 2.24) is 29.7 Å². The van der Waals surface area contributed by atoms with Crippen molar-refractivity contribution in [1.29, 1.82) is 0 Å². The highest BCUT2D eigenvalue weighted by Gasteiger charge is 2.45. The smallest absolute Gasteiger partial charge is 0.254 e. The largest absolute Gasteiger partial charge is 0.350 e. The van der Waals surface area contributed by atoms with E-state index in [2.05, 4.69) is 45.5 Å². The molecule has 4 aromatic heterocycles. The maximum Gasteiger partial charge on any atom is 0.254 e. The third-order valence-corrected chi connectivity index (χ3v) is 8.47. The number of likely N-dealkylation sites (N-methyl/N-ethyl adjacent to an activating group) is 1. The molecule has 0 aromatic carbocycles. The van der Waals surface area contributed by atoms with Crippen molar-refractivity contribution in [3.8, 4) is 11.3 Å². The lowest BCUT2D eigenvalue weighted by Crippen LogP contribution is -2.46. The first-order valence-electron chi connectivity index (χ1n) is 13.3. The number of anilines is 3. The SMILES string of the molecule is Cc1cc(Nc2cnc(-c3ccnc4c3ccn4C)c3c2C(=O)NC3)nc(N2CCC[C@@]23CCN(C)C3)c1. The zero-order valence-corrected chi connectivity index (χ0v) is 22.1. The summed E-state index contributed by atoms with van der Waals surface area (Å²) in [5, 5.41) is 7.49. The van der Waals surface area contributed by atoms with Gasteiger partial charge in [0, 0.05) is 62.1 Å². The molecule has 4 aromatic rings. The second kappa shape index (κ2) is 8.52. The summed E-state index contributed by atoms with van der Waals surface area (Å²) >= 11 is 0. The molecule has 7 rings (SSSR count). The van der Waals surface area contributed by atoms with Crippen LogP contribution in [0.3, 0.4) is 0 Å². The molecule has 2 fully saturated rings. The number of hydrogen-bond acceptors (Lipinski definition) is 7. The summed E-state index contributed by atoms with van der Waals surface area (Å²) in [5.74, 6) is 1.65. The van der Waals surface area contributed by atoms with Crippen LogP contribution in [0.15, 0.2) is 42.9 Å². The Hall–Kier alpha value is -3.98. The standard InChI is InChI=1S/C29H32N8O/c1-18-13-23(34-24(14-18)37-10-4-7-29(37)8-12-35(2)17-29)33-22-16-31-26(21-15-32-28(38)25(21)22)19-5-9-30-27-20(19)6-11-36(27)3/h5-6,9,11,13-14,16H,4,7-8,10,12,15,17H2,1-3H3,(H,32,38)(H,33,34)/t29-/m0/s1. The Morgan fingerprint density at radius 1 is 1.11 bits per heavy atom. The molecule has 9 nitrogen and oxygen atoms in total. The summed E-state index contributed by atoms with van der Waals surface area (Å²) in [6.07, 6.45) is 9.13. The molecule has 1 amide bonds. The summed E-state index contributed by atoms with van der Waals surface area (Å²) in [7, 11) is 4.19. The summed E-state index contributed by atoms with van der Waals surface area (Å²) < 4.78 is 1.99. The molecular formula is C29H32N8O. The van der Waals surface area contributed by atoms with Gasteiger partial charge in [0.15, 0.2) is 0 Å². The first kappa shape index (κ1) is 23.2. The van der Waals surface area contributed by atoms with Crippen LogP contribution >= 0.6 is 0 Å². The molecule has 0 aliphatic carbocycles. The molecule has 3 aliphatic rings. The fraction of sp³-hybridized carbons (Fsp3) is 0.379. The van der Waals surface area contributed by atoms with Gasteiger partial charge in [0.2, 0.25) is 0 Å². The normalized spacial score (nSPS) is 21.0. The summed E-state index contributed by atoms with van der Waals surface area (Å²) in [6, 6.07) is 8.25. The number of carbonyl (C=O) groups is 1. The first-order valence-corrected chi connectivity index (χ1v) is 13.3. The minimum atomic E-state index is -0.0927. The number of rotatable bonds is 4. The van der Waals surface area contributed by atoms with Gasteiger partial charge in [0.25, 0.3) is 5.91 Å². The monoisotopic (exact) mass is 508 g/mol. The molecule has 38 heavy (non-hydrogen) atoms. The molecular weight excluding hydrogens is 476 g/mol. The average molecular weight is 509 g/mol. The Morgan fingerprint density at radius 2 is 2.00 bits per heavy atom. The van der Waals surface area contributed by atoms with Crippen LogP contribution in [-0.4, -0.2) is 62.5 Å². The second-order valence-corrected chi connectivity index (χ2v) is 11.1. The van der Waals surface area contributed by atoms with Crippen LogP contribution in [0.1, 0.15) is 40.7 Å². The van der Waals surface area contributed by atoms with Crippen LogP contribution in [0.2, 0.25) is 0 Å². The van der Waals surface area contributed by atoms with E-state index >= 15 is 0 Å². The predicted octanol–water partition coefficient (Wildman–Crippen LogP) is 4.00. The maximum atomic E-state index is 13.0. The van der Waals surface area contributed by atoms with E-state index in [-0.39, 0.29) is 11.4 Å². The second-order valence-electron chi connectivity index (χ2n) is 11.1.